The first-order valence-electron chi connectivity index (χ1n) is 12.7. The Balaban J connectivity index is 1.64. The van der Waals surface area contributed by atoms with Crippen molar-refractivity contribution in [1.29, 1.82) is 0 Å². The second-order valence-corrected chi connectivity index (χ2v) is 9.87. The van der Waals surface area contributed by atoms with Gasteiger partial charge >= 0.3 is 5.97 Å². The fraction of sp³-hybridized carbons (Fsp3) is 0.552. The van der Waals surface area contributed by atoms with Crippen LogP contribution in [0.4, 0.5) is 4.39 Å². The van der Waals surface area contributed by atoms with Crippen molar-refractivity contribution in [2.75, 3.05) is 41.5 Å². The molecule has 0 spiro atoms. The predicted octanol–water partition coefficient (Wildman–Crippen LogP) is 5.37. The molecule has 0 radical (unpaired) electrons. The third-order valence-corrected chi connectivity index (χ3v) is 7.35. The van der Waals surface area contributed by atoms with Gasteiger partial charge in [-0.2, -0.15) is 0 Å². The summed E-state index contributed by atoms with van der Waals surface area (Å²) in [5.74, 6) is 0.734. The number of rotatable bonds is 12. The van der Waals surface area contributed by atoms with Gasteiger partial charge < -0.3 is 23.8 Å². The van der Waals surface area contributed by atoms with Crippen LogP contribution in [0.2, 0.25) is 0 Å². The molecule has 6 nitrogen and oxygen atoms in total. The number of esters is 1. The molecule has 0 unspecified atom stereocenters. The predicted molar refractivity (Wildman–Crippen MR) is 138 cm³/mol. The fourth-order valence-corrected chi connectivity index (χ4v) is 4.96. The molecule has 3 rings (SSSR count). The first-order valence-corrected chi connectivity index (χ1v) is 12.7. The van der Waals surface area contributed by atoms with E-state index in [2.05, 4.69) is 4.90 Å². The lowest BCUT2D eigenvalue weighted by atomic mass is 9.85. The van der Waals surface area contributed by atoms with E-state index in [1.807, 2.05) is 39.1 Å². The number of halogens is 1. The van der Waals surface area contributed by atoms with E-state index in [0.29, 0.717) is 24.5 Å². The average molecular weight is 502 g/mol. The van der Waals surface area contributed by atoms with Crippen LogP contribution in [0.1, 0.15) is 55.9 Å². The van der Waals surface area contributed by atoms with E-state index in [9.17, 15) is 9.18 Å². The number of likely N-dealkylation sites (N-methyl/N-ethyl adjacent to an activating group) is 1. The molecular weight excluding hydrogens is 461 g/mol. The van der Waals surface area contributed by atoms with E-state index >= 15 is 0 Å². The lowest BCUT2D eigenvalue weighted by Gasteiger charge is -2.37. The maximum Gasteiger partial charge on any atom is 0.339 e. The normalized spacial score (nSPS) is 17.0. The Bertz CT molecular complexity index is 1030. The van der Waals surface area contributed by atoms with Gasteiger partial charge in [-0.1, -0.05) is 26.0 Å². The number of carbonyl (C=O) groups excluding carboxylic acids is 1. The maximum absolute atomic E-state index is 13.7. The molecule has 0 fully saturated rings. The summed E-state index contributed by atoms with van der Waals surface area (Å²) in [5, 5.41) is 0. The molecule has 0 aliphatic heterocycles. The molecule has 1 aliphatic carbocycles. The number of hydrogen-bond acceptors (Lipinski definition) is 6. The zero-order valence-electron chi connectivity index (χ0n) is 22.4. The molecule has 0 saturated heterocycles. The summed E-state index contributed by atoms with van der Waals surface area (Å²) in [7, 11) is 6.88. The van der Waals surface area contributed by atoms with E-state index in [1.54, 1.807) is 33.5 Å². The molecule has 0 N–H and O–H groups in total. The molecule has 0 bridgehead atoms. The van der Waals surface area contributed by atoms with Gasteiger partial charge in [0.15, 0.2) is 17.1 Å². The summed E-state index contributed by atoms with van der Waals surface area (Å²) >= 11 is 0. The van der Waals surface area contributed by atoms with Gasteiger partial charge in [0.2, 0.25) is 0 Å². The van der Waals surface area contributed by atoms with Gasteiger partial charge in [0.1, 0.15) is 11.9 Å². The van der Waals surface area contributed by atoms with E-state index in [0.717, 1.165) is 48.9 Å². The van der Waals surface area contributed by atoms with Gasteiger partial charge in [0, 0.05) is 26.6 Å². The van der Waals surface area contributed by atoms with Gasteiger partial charge in [0.05, 0.1) is 14.2 Å². The molecule has 0 heterocycles. The van der Waals surface area contributed by atoms with Crippen molar-refractivity contribution < 1.29 is 28.1 Å². The Morgan fingerprint density at radius 2 is 1.83 bits per heavy atom. The van der Waals surface area contributed by atoms with Crippen LogP contribution in [0, 0.1) is 11.7 Å². The van der Waals surface area contributed by atoms with Crippen LogP contribution in [0.25, 0.3) is 0 Å². The number of ether oxygens (including phenoxy) is 4. The molecular formula is C29H40FNO5. The molecule has 0 saturated carbocycles. The zero-order chi connectivity index (χ0) is 26.3. The van der Waals surface area contributed by atoms with Crippen molar-refractivity contribution in [3.8, 4) is 11.5 Å². The quantitative estimate of drug-likeness (QED) is 0.365. The number of carbonyl (C=O) groups is 1. The SMILES string of the molecule is COc1ccc(CCN(C)CC[C@@](OC)(C(=O)O[C@H]2CCCc3cc(F)ccc32)C(C)C)cc1OC. The minimum atomic E-state index is -1.06. The van der Waals surface area contributed by atoms with Crippen molar-refractivity contribution in [2.45, 2.75) is 57.7 Å². The van der Waals surface area contributed by atoms with Crippen LogP contribution < -0.4 is 9.47 Å². The molecule has 36 heavy (non-hydrogen) atoms. The lowest BCUT2D eigenvalue weighted by molar-refractivity contribution is -0.183. The van der Waals surface area contributed by atoms with Gasteiger partial charge in [-0.25, -0.2) is 9.18 Å². The van der Waals surface area contributed by atoms with Crippen LogP contribution in [-0.4, -0.2) is 57.9 Å². The summed E-state index contributed by atoms with van der Waals surface area (Å²) < 4.78 is 36.4. The molecule has 2 atom stereocenters. The largest absolute Gasteiger partial charge is 0.493 e. The zero-order valence-corrected chi connectivity index (χ0v) is 22.4. The Morgan fingerprint density at radius 3 is 2.50 bits per heavy atom. The summed E-state index contributed by atoms with van der Waals surface area (Å²) in [6.07, 6.45) is 3.34. The van der Waals surface area contributed by atoms with Crippen LogP contribution in [0.5, 0.6) is 11.5 Å². The standard InChI is InChI=1S/C29H40FNO5/c1-20(2)29(35-6,28(32)36-25-9-7-8-22-19-23(30)11-12-24(22)25)15-17-31(3)16-14-21-10-13-26(33-4)27(18-21)34-5/h10-13,18-20,25H,7-9,14-17H2,1-6H3/t25-,29-/m0/s1. The van der Waals surface area contributed by atoms with Crippen molar-refractivity contribution >= 4 is 5.97 Å². The molecule has 2 aromatic carbocycles. The van der Waals surface area contributed by atoms with Crippen molar-refractivity contribution in [3.63, 3.8) is 0 Å². The van der Waals surface area contributed by atoms with Gasteiger partial charge in [-0.05, 0) is 79.6 Å². The van der Waals surface area contributed by atoms with Crippen molar-refractivity contribution in [1.82, 2.24) is 4.90 Å². The van der Waals surface area contributed by atoms with Crippen LogP contribution in [0.3, 0.4) is 0 Å². The molecule has 0 amide bonds. The highest BCUT2D eigenvalue weighted by Crippen LogP contribution is 2.36. The fourth-order valence-electron chi connectivity index (χ4n) is 4.96. The van der Waals surface area contributed by atoms with Crippen molar-refractivity contribution in [3.05, 3.63) is 58.9 Å². The summed E-state index contributed by atoms with van der Waals surface area (Å²) in [6.45, 7) is 5.45. The highest BCUT2D eigenvalue weighted by Gasteiger charge is 2.44. The molecule has 198 valence electrons. The lowest BCUT2D eigenvalue weighted by Crippen LogP contribution is -2.49. The second kappa shape index (κ2) is 12.5. The number of nitrogens with zero attached hydrogens (tertiary/aromatic N) is 1. The van der Waals surface area contributed by atoms with E-state index < -0.39 is 5.60 Å². The summed E-state index contributed by atoms with van der Waals surface area (Å²) in [4.78, 5) is 15.7. The Hall–Kier alpha value is -2.64. The monoisotopic (exact) mass is 501 g/mol. The first-order chi connectivity index (χ1) is 17.2. The topological polar surface area (TPSA) is 57.2 Å². The van der Waals surface area contributed by atoms with Crippen LogP contribution in [-0.2, 0) is 27.1 Å². The Morgan fingerprint density at radius 1 is 1.08 bits per heavy atom. The smallest absolute Gasteiger partial charge is 0.339 e. The van der Waals surface area contributed by atoms with Crippen LogP contribution in [0.15, 0.2) is 36.4 Å². The molecule has 1 aliphatic rings. The number of benzene rings is 2. The number of fused-ring (bicyclic) bond motifs is 1. The summed E-state index contributed by atoms with van der Waals surface area (Å²) in [6, 6.07) is 10.7. The molecule has 0 aromatic heterocycles. The molecule has 7 heteroatoms. The third-order valence-electron chi connectivity index (χ3n) is 7.35. The van der Waals surface area contributed by atoms with E-state index in [-0.39, 0.29) is 23.8 Å². The first kappa shape index (κ1) is 27.9. The van der Waals surface area contributed by atoms with E-state index in [1.165, 1.54) is 6.07 Å². The third kappa shape index (κ3) is 6.37. The van der Waals surface area contributed by atoms with Gasteiger partial charge in [0.25, 0.3) is 0 Å². The number of hydrogen-bond donors (Lipinski definition) is 0. The summed E-state index contributed by atoms with van der Waals surface area (Å²) in [5.41, 5.74) is 1.90. The number of aryl methyl sites for hydroxylation is 1. The highest BCUT2D eigenvalue weighted by molar-refractivity contribution is 5.80. The minimum Gasteiger partial charge on any atom is -0.493 e. The minimum absolute atomic E-state index is 0.0782. The second-order valence-electron chi connectivity index (χ2n) is 9.87. The average Bonchev–Trinajstić information content (AvgIpc) is 2.87. The van der Waals surface area contributed by atoms with Crippen molar-refractivity contribution in [2.24, 2.45) is 5.92 Å². The van der Waals surface area contributed by atoms with Gasteiger partial charge in [-0.15, -0.1) is 0 Å². The maximum atomic E-state index is 13.7. The molecule has 2 aromatic rings. The Labute approximate surface area is 214 Å². The Kier molecular flexibility index (Phi) is 9.74. The highest BCUT2D eigenvalue weighted by atomic mass is 19.1. The van der Waals surface area contributed by atoms with Gasteiger partial charge in [-0.3, -0.25) is 0 Å². The van der Waals surface area contributed by atoms with Crippen LogP contribution >= 0.6 is 0 Å². The van der Waals surface area contributed by atoms with E-state index in [4.69, 9.17) is 18.9 Å². The number of methoxy groups -OCH3 is 3.